The van der Waals surface area contributed by atoms with Gasteiger partial charge in [-0.2, -0.15) is 0 Å². The Kier molecular flexibility index (Phi) is 5.10. The minimum Gasteiger partial charge on any atom is -0.385 e. The van der Waals surface area contributed by atoms with Crippen LogP contribution in [0.3, 0.4) is 0 Å². The first-order chi connectivity index (χ1) is 9.46. The molecule has 0 spiro atoms. The van der Waals surface area contributed by atoms with E-state index in [-0.39, 0.29) is 5.41 Å². The Labute approximate surface area is 133 Å². The van der Waals surface area contributed by atoms with Gasteiger partial charge in [-0.15, -0.1) is 11.6 Å². The molecule has 3 nitrogen and oxygen atoms in total. The summed E-state index contributed by atoms with van der Waals surface area (Å²) in [5, 5.41) is 0. The van der Waals surface area contributed by atoms with Gasteiger partial charge in [-0.25, -0.2) is 4.98 Å². The molecular formula is C15H20BrClN2O. The van der Waals surface area contributed by atoms with Crippen molar-refractivity contribution in [3.63, 3.8) is 0 Å². The van der Waals surface area contributed by atoms with Crippen LogP contribution in [0.15, 0.2) is 22.7 Å². The highest BCUT2D eigenvalue weighted by Gasteiger charge is 2.21. The van der Waals surface area contributed by atoms with Crippen LogP contribution in [0.4, 0.5) is 0 Å². The van der Waals surface area contributed by atoms with Gasteiger partial charge in [-0.3, -0.25) is 0 Å². The van der Waals surface area contributed by atoms with E-state index in [2.05, 4.69) is 45.4 Å². The molecule has 0 amide bonds. The lowest BCUT2D eigenvalue weighted by Gasteiger charge is -2.26. The predicted octanol–water partition coefficient (Wildman–Crippen LogP) is 4.60. The van der Waals surface area contributed by atoms with Gasteiger partial charge in [0.2, 0.25) is 0 Å². The number of fused-ring (bicyclic) bond motifs is 1. The standard InChI is InChI=1S/C15H20BrClN2O/c1-15(2,6-7-20-3)10-19-13-5-4-11(16)8-12(13)18-14(19)9-17/h4-5,8H,6-7,9-10H2,1-3H3. The van der Waals surface area contributed by atoms with E-state index in [0.717, 1.165) is 40.9 Å². The molecular weight excluding hydrogens is 340 g/mol. The van der Waals surface area contributed by atoms with Crippen LogP contribution in [0.25, 0.3) is 11.0 Å². The molecule has 1 aromatic heterocycles. The summed E-state index contributed by atoms with van der Waals surface area (Å²) >= 11 is 9.54. The average molecular weight is 360 g/mol. The molecule has 1 aromatic carbocycles. The summed E-state index contributed by atoms with van der Waals surface area (Å²) in [6, 6.07) is 6.17. The zero-order chi connectivity index (χ0) is 14.8. The van der Waals surface area contributed by atoms with E-state index in [9.17, 15) is 0 Å². The van der Waals surface area contributed by atoms with Gasteiger partial charge in [0, 0.05) is 24.7 Å². The maximum atomic E-state index is 6.06. The lowest BCUT2D eigenvalue weighted by Crippen LogP contribution is -2.22. The van der Waals surface area contributed by atoms with Gasteiger partial charge in [0.15, 0.2) is 0 Å². The van der Waals surface area contributed by atoms with E-state index in [0.29, 0.717) is 5.88 Å². The molecule has 0 fully saturated rings. The van der Waals surface area contributed by atoms with Crippen LogP contribution < -0.4 is 0 Å². The second-order valence-electron chi connectivity index (χ2n) is 5.79. The summed E-state index contributed by atoms with van der Waals surface area (Å²) in [5.74, 6) is 1.34. The van der Waals surface area contributed by atoms with Gasteiger partial charge < -0.3 is 9.30 Å². The molecule has 2 aromatic rings. The third kappa shape index (κ3) is 3.54. The second kappa shape index (κ2) is 6.46. The van der Waals surface area contributed by atoms with E-state index >= 15 is 0 Å². The quantitative estimate of drug-likeness (QED) is 0.705. The van der Waals surface area contributed by atoms with E-state index in [1.54, 1.807) is 7.11 Å². The van der Waals surface area contributed by atoms with E-state index in [1.807, 2.05) is 12.1 Å². The second-order valence-corrected chi connectivity index (χ2v) is 6.97. The fraction of sp³-hybridized carbons (Fsp3) is 0.533. The van der Waals surface area contributed by atoms with E-state index < -0.39 is 0 Å². The van der Waals surface area contributed by atoms with Crippen LogP contribution in [-0.4, -0.2) is 23.3 Å². The first-order valence-electron chi connectivity index (χ1n) is 6.66. The van der Waals surface area contributed by atoms with Crippen LogP contribution in [-0.2, 0) is 17.2 Å². The highest BCUT2D eigenvalue weighted by atomic mass is 79.9. The number of rotatable bonds is 6. The molecule has 0 unspecified atom stereocenters. The fourth-order valence-electron chi connectivity index (χ4n) is 2.32. The van der Waals surface area contributed by atoms with Gasteiger partial charge in [0.05, 0.1) is 16.9 Å². The van der Waals surface area contributed by atoms with Gasteiger partial charge in [-0.1, -0.05) is 29.8 Å². The normalized spacial score (nSPS) is 12.2. The van der Waals surface area contributed by atoms with Crippen molar-refractivity contribution in [3.8, 4) is 0 Å². The summed E-state index contributed by atoms with van der Waals surface area (Å²) in [6.07, 6.45) is 1.00. The van der Waals surface area contributed by atoms with Gasteiger partial charge >= 0.3 is 0 Å². The number of nitrogens with zero attached hydrogens (tertiary/aromatic N) is 2. The zero-order valence-corrected chi connectivity index (χ0v) is 14.5. The highest BCUT2D eigenvalue weighted by Crippen LogP contribution is 2.28. The van der Waals surface area contributed by atoms with Crippen molar-refractivity contribution in [1.82, 2.24) is 9.55 Å². The number of ether oxygens (including phenoxy) is 1. The molecule has 0 N–H and O–H groups in total. The number of methoxy groups -OCH3 is 1. The number of halogens is 2. The monoisotopic (exact) mass is 358 g/mol. The molecule has 0 radical (unpaired) electrons. The Morgan fingerprint density at radius 1 is 1.40 bits per heavy atom. The first-order valence-corrected chi connectivity index (χ1v) is 7.99. The Morgan fingerprint density at radius 2 is 2.15 bits per heavy atom. The van der Waals surface area contributed by atoms with Crippen molar-refractivity contribution < 1.29 is 4.74 Å². The molecule has 0 atom stereocenters. The maximum absolute atomic E-state index is 6.06. The molecule has 0 aliphatic rings. The molecule has 2 rings (SSSR count). The van der Waals surface area contributed by atoms with Crippen LogP contribution in [0, 0.1) is 5.41 Å². The van der Waals surface area contributed by atoms with Crippen molar-refractivity contribution in [2.45, 2.75) is 32.7 Å². The number of imidazole rings is 1. The molecule has 110 valence electrons. The Hall–Kier alpha value is -0.580. The van der Waals surface area contributed by atoms with Crippen molar-refractivity contribution >= 4 is 38.6 Å². The number of aromatic nitrogens is 2. The average Bonchev–Trinajstić information content (AvgIpc) is 2.73. The van der Waals surface area contributed by atoms with Crippen molar-refractivity contribution in [1.29, 1.82) is 0 Å². The van der Waals surface area contributed by atoms with E-state index in [1.165, 1.54) is 0 Å². The lowest BCUT2D eigenvalue weighted by atomic mass is 9.89. The molecule has 0 saturated carbocycles. The van der Waals surface area contributed by atoms with Crippen LogP contribution >= 0.6 is 27.5 Å². The summed E-state index contributed by atoms with van der Waals surface area (Å²) in [6.45, 7) is 6.14. The SMILES string of the molecule is COCCC(C)(C)Cn1c(CCl)nc2cc(Br)ccc21. The Morgan fingerprint density at radius 3 is 2.80 bits per heavy atom. The van der Waals surface area contributed by atoms with Crippen LogP contribution in [0.2, 0.25) is 0 Å². The predicted molar refractivity (Wildman–Crippen MR) is 87.3 cm³/mol. The molecule has 0 aliphatic heterocycles. The smallest absolute Gasteiger partial charge is 0.124 e. The zero-order valence-electron chi connectivity index (χ0n) is 12.1. The summed E-state index contributed by atoms with van der Waals surface area (Å²) in [4.78, 5) is 4.63. The minimum absolute atomic E-state index is 0.136. The molecule has 0 bridgehead atoms. The molecule has 1 heterocycles. The van der Waals surface area contributed by atoms with Crippen LogP contribution in [0.5, 0.6) is 0 Å². The van der Waals surface area contributed by atoms with Crippen LogP contribution in [0.1, 0.15) is 26.1 Å². The van der Waals surface area contributed by atoms with Gasteiger partial charge in [0.1, 0.15) is 5.82 Å². The third-order valence-electron chi connectivity index (χ3n) is 3.48. The summed E-state index contributed by atoms with van der Waals surface area (Å²) in [7, 11) is 1.74. The largest absolute Gasteiger partial charge is 0.385 e. The third-order valence-corrected chi connectivity index (χ3v) is 4.21. The maximum Gasteiger partial charge on any atom is 0.124 e. The Balaban J connectivity index is 2.37. The number of hydrogen-bond donors (Lipinski definition) is 0. The molecule has 20 heavy (non-hydrogen) atoms. The minimum atomic E-state index is 0.136. The van der Waals surface area contributed by atoms with E-state index in [4.69, 9.17) is 16.3 Å². The molecule has 5 heteroatoms. The molecule has 0 saturated heterocycles. The van der Waals surface area contributed by atoms with Gasteiger partial charge in [-0.05, 0) is 30.0 Å². The fourth-order valence-corrected chi connectivity index (χ4v) is 2.87. The topological polar surface area (TPSA) is 27.1 Å². The van der Waals surface area contributed by atoms with Gasteiger partial charge in [0.25, 0.3) is 0 Å². The van der Waals surface area contributed by atoms with Crippen molar-refractivity contribution in [2.24, 2.45) is 5.41 Å². The lowest BCUT2D eigenvalue weighted by molar-refractivity contribution is 0.143. The molecule has 0 aliphatic carbocycles. The number of alkyl halides is 1. The Bertz CT molecular complexity index is 595. The highest BCUT2D eigenvalue weighted by molar-refractivity contribution is 9.10. The van der Waals surface area contributed by atoms with Crippen molar-refractivity contribution in [2.75, 3.05) is 13.7 Å². The number of benzene rings is 1. The first kappa shape index (κ1) is 15.8. The van der Waals surface area contributed by atoms with Crippen molar-refractivity contribution in [3.05, 3.63) is 28.5 Å². The number of hydrogen-bond acceptors (Lipinski definition) is 2. The summed E-state index contributed by atoms with van der Waals surface area (Å²) < 4.78 is 8.46. The summed E-state index contributed by atoms with van der Waals surface area (Å²) in [5.41, 5.74) is 2.25.